The third kappa shape index (κ3) is 2.12. The first-order valence-corrected chi connectivity index (χ1v) is 7.30. The number of ether oxygens (including phenoxy) is 1. The van der Waals surface area contributed by atoms with E-state index in [-0.39, 0.29) is 17.9 Å². The Balaban J connectivity index is 2.07. The fourth-order valence-electron chi connectivity index (χ4n) is 2.76. The standard InChI is InChI=1S/C16H17N3O4/c1-4-23-14(21)12-11-13(20)19(10-7-5-9(2)6-8-10)15(22)16(11,3)18-17-12/h5-8,17-18H,4H2,1-3H3. The van der Waals surface area contributed by atoms with Crippen LogP contribution < -0.4 is 15.8 Å². The molecule has 1 aromatic rings. The largest absolute Gasteiger partial charge is 0.461 e. The lowest BCUT2D eigenvalue weighted by molar-refractivity contribution is -0.139. The number of hydrogen-bond donors (Lipinski definition) is 2. The average Bonchev–Trinajstić information content (AvgIpc) is 2.96. The van der Waals surface area contributed by atoms with Gasteiger partial charge in [-0.3, -0.25) is 9.59 Å². The number of nitrogens with one attached hydrogen (secondary N) is 2. The lowest BCUT2D eigenvalue weighted by Gasteiger charge is -2.20. The zero-order chi connectivity index (χ0) is 16.8. The van der Waals surface area contributed by atoms with E-state index in [0.717, 1.165) is 10.5 Å². The fourth-order valence-corrected chi connectivity index (χ4v) is 2.76. The van der Waals surface area contributed by atoms with E-state index in [2.05, 4.69) is 10.9 Å². The summed E-state index contributed by atoms with van der Waals surface area (Å²) in [5.74, 6) is -1.62. The molecule has 120 valence electrons. The summed E-state index contributed by atoms with van der Waals surface area (Å²) in [6, 6.07) is 7.04. The number of imide groups is 1. The zero-order valence-corrected chi connectivity index (χ0v) is 13.1. The van der Waals surface area contributed by atoms with Gasteiger partial charge in [0.1, 0.15) is 11.2 Å². The summed E-state index contributed by atoms with van der Waals surface area (Å²) in [6.45, 7) is 5.33. The lowest BCUT2D eigenvalue weighted by Crippen LogP contribution is -2.51. The van der Waals surface area contributed by atoms with Crippen LogP contribution in [0.3, 0.4) is 0 Å². The number of hydrazine groups is 1. The van der Waals surface area contributed by atoms with Gasteiger partial charge in [0, 0.05) is 0 Å². The Morgan fingerprint density at radius 1 is 1.26 bits per heavy atom. The Labute approximate surface area is 133 Å². The maximum Gasteiger partial charge on any atom is 0.356 e. The third-order valence-electron chi connectivity index (χ3n) is 4.01. The number of nitrogens with zero attached hydrogens (tertiary/aromatic N) is 1. The summed E-state index contributed by atoms with van der Waals surface area (Å²) in [5, 5.41) is 0. The van der Waals surface area contributed by atoms with Crippen molar-refractivity contribution in [1.82, 2.24) is 10.9 Å². The lowest BCUT2D eigenvalue weighted by atomic mass is 9.95. The molecule has 3 rings (SSSR count). The summed E-state index contributed by atoms with van der Waals surface area (Å²) in [7, 11) is 0. The topological polar surface area (TPSA) is 87.7 Å². The van der Waals surface area contributed by atoms with Crippen LogP contribution >= 0.6 is 0 Å². The first kappa shape index (κ1) is 15.2. The molecule has 1 atom stereocenters. The minimum atomic E-state index is -1.29. The van der Waals surface area contributed by atoms with Crippen LogP contribution in [0, 0.1) is 6.92 Å². The van der Waals surface area contributed by atoms with Crippen molar-refractivity contribution in [2.45, 2.75) is 26.3 Å². The molecule has 2 aliphatic rings. The number of aryl methyl sites for hydroxylation is 1. The molecule has 0 bridgehead atoms. The number of carbonyl (C=O) groups is 3. The smallest absolute Gasteiger partial charge is 0.356 e. The molecule has 2 N–H and O–H groups in total. The average molecular weight is 315 g/mol. The Morgan fingerprint density at radius 2 is 1.91 bits per heavy atom. The van der Waals surface area contributed by atoms with Crippen LogP contribution in [0.2, 0.25) is 0 Å². The molecule has 0 saturated carbocycles. The monoisotopic (exact) mass is 315 g/mol. The molecular formula is C16H17N3O4. The molecule has 7 heteroatoms. The van der Waals surface area contributed by atoms with Crippen LogP contribution in [0.4, 0.5) is 5.69 Å². The SMILES string of the molecule is CCOC(=O)C1=C2C(=O)N(c3ccc(C)cc3)C(=O)C2(C)NN1. The van der Waals surface area contributed by atoms with Crippen LogP contribution in [0.1, 0.15) is 19.4 Å². The summed E-state index contributed by atoms with van der Waals surface area (Å²) in [5.41, 5.74) is 5.63. The van der Waals surface area contributed by atoms with Gasteiger partial charge in [-0.1, -0.05) is 17.7 Å². The Morgan fingerprint density at radius 3 is 2.52 bits per heavy atom. The number of benzene rings is 1. The molecule has 1 saturated heterocycles. The van der Waals surface area contributed by atoms with E-state index in [0.29, 0.717) is 5.69 Å². The van der Waals surface area contributed by atoms with Crippen LogP contribution in [0.15, 0.2) is 35.5 Å². The molecule has 7 nitrogen and oxygen atoms in total. The molecule has 1 unspecified atom stereocenters. The molecule has 0 aliphatic carbocycles. The van der Waals surface area contributed by atoms with Crippen molar-refractivity contribution in [3.8, 4) is 0 Å². The molecule has 0 spiro atoms. The van der Waals surface area contributed by atoms with Crippen LogP contribution in [-0.4, -0.2) is 29.9 Å². The van der Waals surface area contributed by atoms with E-state index >= 15 is 0 Å². The number of hydrogen-bond acceptors (Lipinski definition) is 6. The van der Waals surface area contributed by atoms with Crippen molar-refractivity contribution in [2.24, 2.45) is 0 Å². The van der Waals surface area contributed by atoms with E-state index in [1.165, 1.54) is 0 Å². The van der Waals surface area contributed by atoms with Crippen LogP contribution in [0.25, 0.3) is 0 Å². The normalized spacial score (nSPS) is 23.2. The fraction of sp³-hybridized carbons (Fsp3) is 0.312. The molecule has 23 heavy (non-hydrogen) atoms. The Bertz CT molecular complexity index is 738. The molecule has 1 aromatic carbocycles. The van der Waals surface area contributed by atoms with Gasteiger partial charge in [-0.05, 0) is 32.9 Å². The molecular weight excluding hydrogens is 298 g/mol. The molecule has 2 aliphatic heterocycles. The van der Waals surface area contributed by atoms with Crippen LogP contribution in [-0.2, 0) is 19.1 Å². The minimum absolute atomic E-state index is 0.0117. The Kier molecular flexibility index (Phi) is 3.45. The molecule has 2 heterocycles. The van der Waals surface area contributed by atoms with E-state index in [1.807, 2.05) is 19.1 Å². The number of anilines is 1. The van der Waals surface area contributed by atoms with Crippen molar-refractivity contribution < 1.29 is 19.1 Å². The van der Waals surface area contributed by atoms with Crippen LogP contribution in [0.5, 0.6) is 0 Å². The highest BCUT2D eigenvalue weighted by molar-refractivity contribution is 6.34. The zero-order valence-electron chi connectivity index (χ0n) is 13.1. The second-order valence-corrected chi connectivity index (χ2v) is 5.63. The number of esters is 1. The van der Waals surface area contributed by atoms with Crippen molar-refractivity contribution in [1.29, 1.82) is 0 Å². The molecule has 1 fully saturated rings. The third-order valence-corrected chi connectivity index (χ3v) is 4.01. The predicted molar refractivity (Wildman–Crippen MR) is 82.0 cm³/mol. The second kappa shape index (κ2) is 5.20. The van der Waals surface area contributed by atoms with Gasteiger partial charge in [0.15, 0.2) is 0 Å². The van der Waals surface area contributed by atoms with Crippen molar-refractivity contribution >= 4 is 23.5 Å². The highest BCUT2D eigenvalue weighted by Crippen LogP contribution is 2.37. The molecule has 2 amide bonds. The van der Waals surface area contributed by atoms with Crippen molar-refractivity contribution in [2.75, 3.05) is 11.5 Å². The van der Waals surface area contributed by atoms with Gasteiger partial charge in [-0.25, -0.2) is 15.1 Å². The molecule has 0 radical (unpaired) electrons. The highest BCUT2D eigenvalue weighted by Gasteiger charge is 2.59. The predicted octanol–water partition coefficient (Wildman–Crippen LogP) is 0.552. The summed E-state index contributed by atoms with van der Waals surface area (Å²) >= 11 is 0. The van der Waals surface area contributed by atoms with E-state index in [1.54, 1.807) is 26.0 Å². The molecule has 0 aromatic heterocycles. The van der Waals surface area contributed by atoms with Gasteiger partial charge in [0.05, 0.1) is 17.9 Å². The van der Waals surface area contributed by atoms with E-state index in [9.17, 15) is 14.4 Å². The minimum Gasteiger partial charge on any atom is -0.461 e. The van der Waals surface area contributed by atoms with Crippen molar-refractivity contribution in [3.05, 3.63) is 41.1 Å². The quantitative estimate of drug-likeness (QED) is 0.626. The summed E-state index contributed by atoms with van der Waals surface area (Å²) in [6.07, 6.45) is 0. The number of amides is 2. The van der Waals surface area contributed by atoms with Gasteiger partial charge < -0.3 is 10.2 Å². The van der Waals surface area contributed by atoms with Gasteiger partial charge in [-0.2, -0.15) is 0 Å². The summed E-state index contributed by atoms with van der Waals surface area (Å²) < 4.78 is 4.94. The maximum absolute atomic E-state index is 12.8. The van der Waals surface area contributed by atoms with Gasteiger partial charge in [0.25, 0.3) is 11.8 Å². The first-order valence-electron chi connectivity index (χ1n) is 7.30. The summed E-state index contributed by atoms with van der Waals surface area (Å²) in [4.78, 5) is 38.6. The highest BCUT2D eigenvalue weighted by atomic mass is 16.5. The number of fused-ring (bicyclic) bond motifs is 1. The first-order chi connectivity index (χ1) is 10.9. The second-order valence-electron chi connectivity index (χ2n) is 5.63. The number of rotatable bonds is 3. The van der Waals surface area contributed by atoms with Gasteiger partial charge in [-0.15, -0.1) is 0 Å². The van der Waals surface area contributed by atoms with Gasteiger partial charge in [0.2, 0.25) is 0 Å². The maximum atomic E-state index is 12.8. The number of carbonyl (C=O) groups excluding carboxylic acids is 3. The van der Waals surface area contributed by atoms with E-state index < -0.39 is 23.3 Å². The Hall–Kier alpha value is -2.67. The van der Waals surface area contributed by atoms with E-state index in [4.69, 9.17) is 4.74 Å². The van der Waals surface area contributed by atoms with Gasteiger partial charge >= 0.3 is 5.97 Å². The van der Waals surface area contributed by atoms with Crippen molar-refractivity contribution in [3.63, 3.8) is 0 Å².